The number of para-hydroxylation sites is 1. The number of piperidine rings is 1. The van der Waals surface area contributed by atoms with Crippen molar-refractivity contribution in [1.29, 1.82) is 0 Å². The summed E-state index contributed by atoms with van der Waals surface area (Å²) >= 11 is 0. The highest BCUT2D eigenvalue weighted by Gasteiger charge is 2.62. The lowest BCUT2D eigenvalue weighted by molar-refractivity contribution is 0.208. The fourth-order valence-corrected chi connectivity index (χ4v) is 4.81. The van der Waals surface area contributed by atoms with Gasteiger partial charge in [0.1, 0.15) is 0 Å². The van der Waals surface area contributed by atoms with Gasteiger partial charge in [-0.15, -0.1) is 0 Å². The van der Waals surface area contributed by atoms with E-state index in [2.05, 4.69) is 60.0 Å². The van der Waals surface area contributed by atoms with Crippen molar-refractivity contribution in [2.75, 3.05) is 18.0 Å². The molecule has 3 fully saturated rings. The van der Waals surface area contributed by atoms with Crippen molar-refractivity contribution < 1.29 is 4.79 Å². The van der Waals surface area contributed by atoms with Crippen LogP contribution in [0.3, 0.4) is 0 Å². The van der Waals surface area contributed by atoms with Gasteiger partial charge in [-0.05, 0) is 49.3 Å². The third kappa shape index (κ3) is 2.45. The van der Waals surface area contributed by atoms with Crippen molar-refractivity contribution in [1.82, 2.24) is 4.90 Å². The van der Waals surface area contributed by atoms with Crippen molar-refractivity contribution >= 4 is 11.7 Å². The molecule has 0 radical (unpaired) electrons. The van der Waals surface area contributed by atoms with Gasteiger partial charge in [0, 0.05) is 30.2 Å². The molecule has 2 amide bonds. The lowest BCUT2D eigenvalue weighted by Gasteiger charge is -2.30. The van der Waals surface area contributed by atoms with E-state index in [0.29, 0.717) is 17.9 Å². The zero-order chi connectivity index (χ0) is 17.9. The fraction of sp³-hybridized carbons (Fsp3) is 0.435. The minimum absolute atomic E-state index is 0.198. The van der Waals surface area contributed by atoms with E-state index in [1.165, 1.54) is 17.5 Å². The fourth-order valence-electron chi connectivity index (χ4n) is 4.81. The van der Waals surface area contributed by atoms with Gasteiger partial charge in [0.25, 0.3) is 0 Å². The standard InChI is InChI=1S/C23H26N2O/c1-16-8-10-18(11-9-16)23-13-19(23)14-24(15-23)22(26)25(21-12-17(21)2)20-6-4-3-5-7-20/h3-11,17,19,21H,12-15H2,1-2H3. The average molecular weight is 346 g/mol. The molecule has 0 bridgehead atoms. The number of anilines is 1. The molecule has 134 valence electrons. The third-order valence-corrected chi connectivity index (χ3v) is 6.68. The smallest absolute Gasteiger partial charge is 0.323 e. The number of aryl methyl sites for hydroxylation is 1. The van der Waals surface area contributed by atoms with Gasteiger partial charge in [0.15, 0.2) is 0 Å². The molecule has 0 N–H and O–H groups in total. The van der Waals surface area contributed by atoms with Crippen LogP contribution in [0.5, 0.6) is 0 Å². The van der Waals surface area contributed by atoms with Crippen LogP contribution in [0.1, 0.15) is 30.9 Å². The predicted octanol–water partition coefficient (Wildman–Crippen LogP) is 4.60. The van der Waals surface area contributed by atoms with Gasteiger partial charge in [0.05, 0.1) is 0 Å². The molecule has 0 spiro atoms. The van der Waals surface area contributed by atoms with Crippen LogP contribution in [-0.4, -0.2) is 30.1 Å². The number of urea groups is 1. The highest BCUT2D eigenvalue weighted by atomic mass is 16.2. The number of amides is 2. The van der Waals surface area contributed by atoms with Crippen LogP contribution in [0.4, 0.5) is 10.5 Å². The first-order chi connectivity index (χ1) is 12.6. The number of carbonyl (C=O) groups is 1. The molecular weight excluding hydrogens is 320 g/mol. The van der Waals surface area contributed by atoms with Crippen LogP contribution in [-0.2, 0) is 5.41 Å². The maximum Gasteiger partial charge on any atom is 0.324 e. The second-order valence-corrected chi connectivity index (χ2v) is 8.57. The van der Waals surface area contributed by atoms with Gasteiger partial charge in [-0.1, -0.05) is 55.0 Å². The van der Waals surface area contributed by atoms with Gasteiger partial charge < -0.3 is 4.90 Å². The van der Waals surface area contributed by atoms with E-state index in [1.807, 2.05) is 18.2 Å². The molecule has 3 heteroatoms. The highest BCUT2D eigenvalue weighted by Crippen LogP contribution is 2.59. The Morgan fingerprint density at radius 2 is 1.81 bits per heavy atom. The lowest BCUT2D eigenvalue weighted by Crippen LogP contribution is -2.45. The number of rotatable bonds is 3. The van der Waals surface area contributed by atoms with E-state index in [1.54, 1.807) is 0 Å². The second-order valence-electron chi connectivity index (χ2n) is 8.57. The third-order valence-electron chi connectivity index (χ3n) is 6.68. The Balaban J connectivity index is 1.38. The number of nitrogens with zero attached hydrogens (tertiary/aromatic N) is 2. The van der Waals surface area contributed by atoms with Crippen molar-refractivity contribution in [3.63, 3.8) is 0 Å². The first-order valence-electron chi connectivity index (χ1n) is 9.79. The summed E-state index contributed by atoms with van der Waals surface area (Å²) in [5.74, 6) is 1.23. The zero-order valence-corrected chi connectivity index (χ0v) is 15.6. The van der Waals surface area contributed by atoms with E-state index < -0.39 is 0 Å². The van der Waals surface area contributed by atoms with Gasteiger partial charge in [-0.3, -0.25) is 4.90 Å². The van der Waals surface area contributed by atoms with Gasteiger partial charge >= 0.3 is 6.03 Å². The van der Waals surface area contributed by atoms with Crippen molar-refractivity contribution in [3.05, 3.63) is 65.7 Å². The monoisotopic (exact) mass is 346 g/mol. The van der Waals surface area contributed by atoms with Gasteiger partial charge in [-0.25, -0.2) is 4.79 Å². The van der Waals surface area contributed by atoms with E-state index in [4.69, 9.17) is 0 Å². The number of carbonyl (C=O) groups excluding carboxylic acids is 1. The van der Waals surface area contributed by atoms with Gasteiger partial charge in [-0.2, -0.15) is 0 Å². The molecule has 2 aliphatic carbocycles. The molecule has 4 atom stereocenters. The van der Waals surface area contributed by atoms with Crippen LogP contribution in [0.25, 0.3) is 0 Å². The van der Waals surface area contributed by atoms with E-state index in [0.717, 1.165) is 25.2 Å². The maximum absolute atomic E-state index is 13.4. The zero-order valence-electron chi connectivity index (χ0n) is 15.6. The number of likely N-dealkylation sites (tertiary alicyclic amines) is 1. The number of fused-ring (bicyclic) bond motifs is 1. The average Bonchev–Trinajstić information content (AvgIpc) is 3.52. The van der Waals surface area contributed by atoms with Crippen molar-refractivity contribution in [2.24, 2.45) is 11.8 Å². The minimum atomic E-state index is 0.198. The Labute approximate surface area is 155 Å². The molecule has 2 aromatic carbocycles. The highest BCUT2D eigenvalue weighted by molar-refractivity contribution is 5.93. The van der Waals surface area contributed by atoms with E-state index in [-0.39, 0.29) is 11.4 Å². The molecular formula is C23H26N2O. The number of hydrogen-bond donors (Lipinski definition) is 0. The summed E-state index contributed by atoms with van der Waals surface area (Å²) < 4.78 is 0. The summed E-state index contributed by atoms with van der Waals surface area (Å²) in [5, 5.41) is 0. The molecule has 1 saturated heterocycles. The first kappa shape index (κ1) is 15.9. The maximum atomic E-state index is 13.4. The van der Waals surface area contributed by atoms with Gasteiger partial charge in [0.2, 0.25) is 0 Å². The SMILES string of the molecule is Cc1ccc(C23CC2CN(C(=O)N(c2ccccc2)C2CC2C)C3)cc1. The first-order valence-corrected chi connectivity index (χ1v) is 9.79. The van der Waals surface area contributed by atoms with Crippen LogP contribution < -0.4 is 4.90 Å². The molecule has 1 heterocycles. The minimum Gasteiger partial charge on any atom is -0.323 e. The molecule has 26 heavy (non-hydrogen) atoms. The van der Waals surface area contributed by atoms with Crippen LogP contribution in [0, 0.1) is 18.8 Å². The Morgan fingerprint density at radius 3 is 2.46 bits per heavy atom. The molecule has 4 unspecified atom stereocenters. The van der Waals surface area contributed by atoms with Crippen molar-refractivity contribution in [3.8, 4) is 0 Å². The lowest BCUT2D eigenvalue weighted by atomic mass is 9.94. The quantitative estimate of drug-likeness (QED) is 0.796. The van der Waals surface area contributed by atoms with Crippen molar-refractivity contribution in [2.45, 2.75) is 38.1 Å². The molecule has 3 aliphatic rings. The normalized spacial score (nSPS) is 31.5. The van der Waals surface area contributed by atoms with Crippen LogP contribution in [0.2, 0.25) is 0 Å². The summed E-state index contributed by atoms with van der Waals surface area (Å²) in [6.45, 7) is 6.13. The summed E-state index contributed by atoms with van der Waals surface area (Å²) in [7, 11) is 0. The summed E-state index contributed by atoms with van der Waals surface area (Å²) in [5.41, 5.74) is 3.96. The van der Waals surface area contributed by atoms with Crippen LogP contribution in [0.15, 0.2) is 54.6 Å². The Hall–Kier alpha value is -2.29. The summed E-state index contributed by atoms with van der Waals surface area (Å²) in [4.78, 5) is 17.6. The summed E-state index contributed by atoms with van der Waals surface area (Å²) in [6.07, 6.45) is 2.34. The number of benzene rings is 2. The Morgan fingerprint density at radius 1 is 1.12 bits per heavy atom. The molecule has 2 aromatic rings. The Bertz CT molecular complexity index is 831. The van der Waals surface area contributed by atoms with E-state index >= 15 is 0 Å². The summed E-state index contributed by atoms with van der Waals surface area (Å²) in [6, 6.07) is 19.7. The van der Waals surface area contributed by atoms with Crippen LogP contribution >= 0.6 is 0 Å². The molecule has 1 aliphatic heterocycles. The predicted molar refractivity (Wildman–Crippen MR) is 104 cm³/mol. The largest absolute Gasteiger partial charge is 0.324 e. The molecule has 2 saturated carbocycles. The molecule has 5 rings (SSSR count). The molecule has 3 nitrogen and oxygen atoms in total. The Kier molecular flexibility index (Phi) is 3.43. The second kappa shape index (κ2) is 5.60. The molecule has 0 aromatic heterocycles. The van der Waals surface area contributed by atoms with E-state index in [9.17, 15) is 4.79 Å². The topological polar surface area (TPSA) is 23.6 Å². The number of hydrogen-bond acceptors (Lipinski definition) is 1.